The maximum Gasteiger partial charge on any atom is 0.380 e. The van der Waals surface area contributed by atoms with Gasteiger partial charge in [-0.3, -0.25) is 0 Å². The number of urea groups is 1. The van der Waals surface area contributed by atoms with Gasteiger partial charge in [0.15, 0.2) is 0 Å². The maximum absolute atomic E-state index is 12.4. The Balaban J connectivity index is 1.54. The summed E-state index contributed by atoms with van der Waals surface area (Å²) in [5, 5.41) is 7.62. The zero-order valence-electron chi connectivity index (χ0n) is 15.0. The summed E-state index contributed by atoms with van der Waals surface area (Å²) in [6.45, 7) is 4.84. The third-order valence-corrected chi connectivity index (χ3v) is 4.77. The summed E-state index contributed by atoms with van der Waals surface area (Å²) in [5.41, 5.74) is 2.96. The normalized spacial score (nSPS) is 14.7. The van der Waals surface area contributed by atoms with Crippen LogP contribution in [0.5, 0.6) is 5.75 Å². The number of nitrogens with zero attached hydrogens (tertiary/aromatic N) is 2. The number of anilines is 2. The van der Waals surface area contributed by atoms with Crippen molar-refractivity contribution in [3.05, 3.63) is 54.1 Å². The smallest absolute Gasteiger partial charge is 0.371 e. The Morgan fingerprint density at radius 2 is 1.67 bits per heavy atom. The zero-order valence-corrected chi connectivity index (χ0v) is 15.8. The Morgan fingerprint density at radius 1 is 1.04 bits per heavy atom. The maximum atomic E-state index is 12.4. The van der Waals surface area contributed by atoms with Crippen LogP contribution in [0.25, 0.3) is 0 Å². The lowest BCUT2D eigenvalue weighted by molar-refractivity contribution is 0.208. The number of nitrogens with one attached hydrogen (secondary N) is 1. The van der Waals surface area contributed by atoms with Crippen molar-refractivity contribution in [2.24, 2.45) is 5.14 Å². The van der Waals surface area contributed by atoms with E-state index in [1.807, 2.05) is 12.1 Å². The lowest BCUT2D eigenvalue weighted by atomic mass is 10.1. The SMILES string of the molecule is Cc1ccccc1N1CCN(C(=O)Nc2ccc(OS(N)(=O)=O)cc2)CC1. The Labute approximate surface area is 158 Å². The van der Waals surface area contributed by atoms with Crippen molar-refractivity contribution < 1.29 is 17.4 Å². The third-order valence-electron chi connectivity index (χ3n) is 4.34. The highest BCUT2D eigenvalue weighted by Gasteiger charge is 2.22. The summed E-state index contributed by atoms with van der Waals surface area (Å²) in [6, 6.07) is 14.0. The minimum atomic E-state index is -4.06. The van der Waals surface area contributed by atoms with Crippen molar-refractivity contribution in [2.75, 3.05) is 36.4 Å². The molecule has 8 nitrogen and oxygen atoms in total. The number of piperazine rings is 1. The summed E-state index contributed by atoms with van der Waals surface area (Å²) >= 11 is 0. The first-order valence-corrected chi connectivity index (χ1v) is 9.98. The average molecular weight is 390 g/mol. The fourth-order valence-corrected chi connectivity index (χ4v) is 3.38. The lowest BCUT2D eigenvalue weighted by Crippen LogP contribution is -2.50. The van der Waals surface area contributed by atoms with E-state index in [0.717, 1.165) is 13.1 Å². The molecule has 1 saturated heterocycles. The van der Waals surface area contributed by atoms with Gasteiger partial charge >= 0.3 is 16.3 Å². The molecule has 27 heavy (non-hydrogen) atoms. The van der Waals surface area contributed by atoms with E-state index >= 15 is 0 Å². The van der Waals surface area contributed by atoms with Gasteiger partial charge in [0.05, 0.1) is 0 Å². The summed E-state index contributed by atoms with van der Waals surface area (Å²) in [5.74, 6) is 0.0855. The van der Waals surface area contributed by atoms with E-state index in [2.05, 4.69) is 33.5 Å². The van der Waals surface area contributed by atoms with E-state index in [9.17, 15) is 13.2 Å². The molecule has 0 aliphatic carbocycles. The molecule has 1 fully saturated rings. The topological polar surface area (TPSA) is 105 Å². The van der Waals surface area contributed by atoms with Crippen LogP contribution < -0.4 is 19.5 Å². The molecule has 0 spiro atoms. The predicted octanol–water partition coefficient (Wildman–Crippen LogP) is 1.93. The second-order valence-corrected chi connectivity index (χ2v) is 7.44. The van der Waals surface area contributed by atoms with Crippen LogP contribution in [0.3, 0.4) is 0 Å². The quantitative estimate of drug-likeness (QED) is 0.830. The number of nitrogens with two attached hydrogens (primary N) is 1. The molecule has 1 aliphatic heterocycles. The fraction of sp³-hybridized carbons (Fsp3) is 0.278. The molecule has 2 aromatic rings. The Kier molecular flexibility index (Phi) is 5.52. The van der Waals surface area contributed by atoms with E-state index in [-0.39, 0.29) is 11.8 Å². The van der Waals surface area contributed by atoms with Gasteiger partial charge in [-0.1, -0.05) is 18.2 Å². The predicted molar refractivity (Wildman–Crippen MR) is 104 cm³/mol. The van der Waals surface area contributed by atoms with Crippen molar-refractivity contribution in [3.63, 3.8) is 0 Å². The largest absolute Gasteiger partial charge is 0.380 e. The van der Waals surface area contributed by atoms with Crippen LogP contribution in [-0.4, -0.2) is 45.5 Å². The van der Waals surface area contributed by atoms with Crippen LogP contribution >= 0.6 is 0 Å². The van der Waals surface area contributed by atoms with E-state index in [4.69, 9.17) is 5.14 Å². The van der Waals surface area contributed by atoms with Gasteiger partial charge < -0.3 is 19.3 Å². The standard InChI is InChI=1S/C18H22N4O4S/c1-14-4-2-3-5-17(14)21-10-12-22(13-11-21)18(23)20-15-6-8-16(9-7-15)26-27(19,24)25/h2-9H,10-13H2,1H3,(H,20,23)(H2,19,24,25). The molecule has 0 bridgehead atoms. The first kappa shape index (κ1) is 19.0. The van der Waals surface area contributed by atoms with Crippen molar-refractivity contribution in [3.8, 4) is 5.75 Å². The van der Waals surface area contributed by atoms with Gasteiger partial charge in [-0.2, -0.15) is 13.6 Å². The second-order valence-electron chi connectivity index (χ2n) is 6.29. The monoisotopic (exact) mass is 390 g/mol. The van der Waals surface area contributed by atoms with Gasteiger partial charge in [0.25, 0.3) is 0 Å². The second kappa shape index (κ2) is 7.85. The number of rotatable bonds is 4. The molecule has 144 valence electrons. The van der Waals surface area contributed by atoms with Gasteiger partial charge in [-0.25, -0.2) is 4.79 Å². The minimum Gasteiger partial charge on any atom is -0.371 e. The average Bonchev–Trinajstić information content (AvgIpc) is 2.63. The summed E-state index contributed by atoms with van der Waals surface area (Å²) in [4.78, 5) is 16.5. The van der Waals surface area contributed by atoms with Crippen molar-refractivity contribution in [1.82, 2.24) is 4.90 Å². The van der Waals surface area contributed by atoms with Crippen LogP contribution in [0.4, 0.5) is 16.2 Å². The highest BCUT2D eigenvalue weighted by molar-refractivity contribution is 7.84. The van der Waals surface area contributed by atoms with E-state index in [0.29, 0.717) is 18.8 Å². The van der Waals surface area contributed by atoms with Gasteiger partial charge in [-0.15, -0.1) is 0 Å². The number of amides is 2. The fourth-order valence-electron chi connectivity index (χ4n) is 3.00. The van der Waals surface area contributed by atoms with Crippen LogP contribution in [0.1, 0.15) is 5.56 Å². The molecule has 0 aromatic heterocycles. The van der Waals surface area contributed by atoms with Crippen LogP contribution in [0, 0.1) is 6.92 Å². The van der Waals surface area contributed by atoms with Gasteiger partial charge in [-0.05, 0) is 42.8 Å². The summed E-state index contributed by atoms with van der Waals surface area (Å²) in [7, 11) is -4.06. The molecule has 9 heteroatoms. The van der Waals surface area contributed by atoms with Gasteiger partial charge in [0, 0.05) is 37.6 Å². The first-order chi connectivity index (χ1) is 12.8. The van der Waals surface area contributed by atoms with Crippen LogP contribution in [0.2, 0.25) is 0 Å². The summed E-state index contributed by atoms with van der Waals surface area (Å²) in [6.07, 6.45) is 0. The van der Waals surface area contributed by atoms with Crippen LogP contribution in [0.15, 0.2) is 48.5 Å². The number of carbonyl (C=O) groups is 1. The number of carbonyl (C=O) groups excluding carboxylic acids is 1. The molecule has 1 heterocycles. The molecule has 3 rings (SSSR count). The summed E-state index contributed by atoms with van der Waals surface area (Å²) < 4.78 is 26.4. The molecule has 0 saturated carbocycles. The number of benzene rings is 2. The van der Waals surface area contributed by atoms with E-state index in [1.165, 1.54) is 23.4 Å². The molecule has 3 N–H and O–H groups in total. The molecule has 0 atom stereocenters. The molecule has 0 unspecified atom stereocenters. The van der Waals surface area contributed by atoms with Crippen LogP contribution in [-0.2, 0) is 10.3 Å². The number of para-hydroxylation sites is 1. The number of hydrogen-bond donors (Lipinski definition) is 2. The molecule has 2 amide bonds. The molecular weight excluding hydrogens is 368 g/mol. The molecule has 1 aliphatic rings. The first-order valence-electron chi connectivity index (χ1n) is 8.50. The lowest BCUT2D eigenvalue weighted by Gasteiger charge is -2.36. The Hall–Kier alpha value is -2.78. The van der Waals surface area contributed by atoms with Crippen molar-refractivity contribution in [1.29, 1.82) is 0 Å². The minimum absolute atomic E-state index is 0.0855. The Morgan fingerprint density at radius 3 is 2.26 bits per heavy atom. The van der Waals surface area contributed by atoms with Gasteiger partial charge in [0.2, 0.25) is 0 Å². The van der Waals surface area contributed by atoms with E-state index < -0.39 is 10.3 Å². The van der Waals surface area contributed by atoms with E-state index in [1.54, 1.807) is 17.0 Å². The third kappa shape index (κ3) is 5.11. The van der Waals surface area contributed by atoms with Crippen molar-refractivity contribution in [2.45, 2.75) is 6.92 Å². The van der Waals surface area contributed by atoms with Crippen molar-refractivity contribution >= 4 is 27.7 Å². The Bertz CT molecular complexity index is 907. The molecular formula is C18H22N4O4S. The zero-order chi connectivity index (χ0) is 19.4. The molecule has 2 aromatic carbocycles. The highest BCUT2D eigenvalue weighted by atomic mass is 32.2. The number of hydrogen-bond acceptors (Lipinski definition) is 5. The molecule has 0 radical (unpaired) electrons. The van der Waals surface area contributed by atoms with Gasteiger partial charge in [0.1, 0.15) is 5.75 Å². The highest BCUT2D eigenvalue weighted by Crippen LogP contribution is 2.21. The number of aryl methyl sites for hydroxylation is 1.